The minimum absolute atomic E-state index is 0.0198. The molecule has 1 amide bonds. The average molecular weight is 261 g/mol. The summed E-state index contributed by atoms with van der Waals surface area (Å²) in [5, 5.41) is 8.70. The van der Waals surface area contributed by atoms with Crippen molar-refractivity contribution in [1.82, 2.24) is 4.90 Å². The van der Waals surface area contributed by atoms with Crippen molar-refractivity contribution in [3.05, 3.63) is 0 Å². The SMILES string of the molecule is CSCC(C)C(=O)N1CCOC(CC(=O)O)C1. The van der Waals surface area contributed by atoms with Crippen molar-refractivity contribution in [2.45, 2.75) is 19.4 Å². The van der Waals surface area contributed by atoms with E-state index in [1.807, 2.05) is 13.2 Å². The normalized spacial score (nSPS) is 22.2. The van der Waals surface area contributed by atoms with Crippen LogP contribution in [-0.4, -0.2) is 59.7 Å². The van der Waals surface area contributed by atoms with Gasteiger partial charge in [-0.3, -0.25) is 9.59 Å². The number of aliphatic carboxylic acids is 1. The van der Waals surface area contributed by atoms with E-state index >= 15 is 0 Å². The lowest BCUT2D eigenvalue weighted by Gasteiger charge is -2.33. The Morgan fingerprint density at radius 2 is 2.29 bits per heavy atom. The van der Waals surface area contributed by atoms with E-state index in [4.69, 9.17) is 9.84 Å². The molecule has 1 saturated heterocycles. The molecule has 1 fully saturated rings. The highest BCUT2D eigenvalue weighted by molar-refractivity contribution is 7.98. The number of hydrogen-bond acceptors (Lipinski definition) is 4. The molecular formula is C11H19NO4S. The number of hydrogen-bond donors (Lipinski definition) is 1. The first-order valence-electron chi connectivity index (χ1n) is 5.65. The van der Waals surface area contributed by atoms with Gasteiger partial charge in [0.15, 0.2) is 0 Å². The highest BCUT2D eigenvalue weighted by Gasteiger charge is 2.28. The van der Waals surface area contributed by atoms with Crippen LogP contribution in [0, 0.1) is 5.92 Å². The largest absolute Gasteiger partial charge is 0.481 e. The van der Waals surface area contributed by atoms with Gasteiger partial charge in [-0.1, -0.05) is 6.92 Å². The van der Waals surface area contributed by atoms with Crippen molar-refractivity contribution < 1.29 is 19.4 Å². The van der Waals surface area contributed by atoms with Crippen LogP contribution in [0.1, 0.15) is 13.3 Å². The van der Waals surface area contributed by atoms with Crippen LogP contribution in [0.5, 0.6) is 0 Å². The summed E-state index contributed by atoms with van der Waals surface area (Å²) in [5.74, 6) is -0.0205. The molecule has 0 aliphatic carbocycles. The van der Waals surface area contributed by atoms with Gasteiger partial charge in [-0.2, -0.15) is 11.8 Å². The number of nitrogens with zero attached hydrogens (tertiary/aromatic N) is 1. The number of amides is 1. The van der Waals surface area contributed by atoms with E-state index in [1.54, 1.807) is 16.7 Å². The Hall–Kier alpha value is -0.750. The number of rotatable bonds is 5. The molecule has 17 heavy (non-hydrogen) atoms. The summed E-state index contributed by atoms with van der Waals surface area (Å²) < 4.78 is 5.33. The third-order valence-corrected chi connectivity index (χ3v) is 3.52. The predicted molar refractivity (Wildman–Crippen MR) is 66.1 cm³/mol. The average Bonchev–Trinajstić information content (AvgIpc) is 2.28. The fourth-order valence-corrected chi connectivity index (χ4v) is 2.51. The first kappa shape index (κ1) is 14.3. The minimum atomic E-state index is -0.888. The van der Waals surface area contributed by atoms with Crippen LogP contribution in [0.2, 0.25) is 0 Å². The molecule has 1 aliphatic heterocycles. The van der Waals surface area contributed by atoms with Crippen molar-refractivity contribution in [2.24, 2.45) is 5.92 Å². The van der Waals surface area contributed by atoms with Crippen LogP contribution in [0.25, 0.3) is 0 Å². The Kier molecular flexibility index (Phi) is 5.77. The Morgan fingerprint density at radius 3 is 2.88 bits per heavy atom. The zero-order chi connectivity index (χ0) is 12.8. The molecule has 1 aliphatic rings. The summed E-state index contributed by atoms with van der Waals surface area (Å²) in [6.07, 6.45) is 1.56. The van der Waals surface area contributed by atoms with E-state index in [-0.39, 0.29) is 24.3 Å². The minimum Gasteiger partial charge on any atom is -0.481 e. The van der Waals surface area contributed by atoms with Gasteiger partial charge < -0.3 is 14.7 Å². The number of morpholine rings is 1. The first-order chi connectivity index (χ1) is 8.04. The van der Waals surface area contributed by atoms with Gasteiger partial charge in [0.05, 0.1) is 19.1 Å². The smallest absolute Gasteiger partial charge is 0.306 e. The quantitative estimate of drug-likeness (QED) is 0.788. The molecule has 0 saturated carbocycles. The zero-order valence-corrected chi connectivity index (χ0v) is 11.0. The summed E-state index contributed by atoms with van der Waals surface area (Å²) in [7, 11) is 0. The molecular weight excluding hydrogens is 242 g/mol. The molecule has 1 N–H and O–H groups in total. The van der Waals surface area contributed by atoms with E-state index in [0.717, 1.165) is 5.75 Å². The Labute approximate surface area is 105 Å². The van der Waals surface area contributed by atoms with Gasteiger partial charge in [-0.05, 0) is 6.26 Å². The van der Waals surface area contributed by atoms with Crippen molar-refractivity contribution >= 4 is 23.6 Å². The highest BCUT2D eigenvalue weighted by atomic mass is 32.2. The summed E-state index contributed by atoms with van der Waals surface area (Å²) in [4.78, 5) is 24.3. The molecule has 98 valence electrons. The fourth-order valence-electron chi connectivity index (χ4n) is 1.87. The molecule has 5 nitrogen and oxygen atoms in total. The third-order valence-electron chi connectivity index (χ3n) is 2.69. The standard InChI is InChI=1S/C11H19NO4S/c1-8(7-17-2)11(15)12-3-4-16-9(6-12)5-10(13)14/h8-9H,3-7H2,1-2H3,(H,13,14). The first-order valence-corrected chi connectivity index (χ1v) is 7.05. The van der Waals surface area contributed by atoms with E-state index in [2.05, 4.69) is 0 Å². The maximum Gasteiger partial charge on any atom is 0.306 e. The topological polar surface area (TPSA) is 66.8 Å². The molecule has 0 aromatic carbocycles. The fraction of sp³-hybridized carbons (Fsp3) is 0.818. The molecule has 0 bridgehead atoms. The summed E-state index contributed by atoms with van der Waals surface area (Å²) in [6, 6.07) is 0. The van der Waals surface area contributed by atoms with Crippen LogP contribution in [-0.2, 0) is 14.3 Å². The summed E-state index contributed by atoms with van der Waals surface area (Å²) in [5.41, 5.74) is 0. The van der Waals surface area contributed by atoms with E-state index in [0.29, 0.717) is 19.7 Å². The van der Waals surface area contributed by atoms with Gasteiger partial charge >= 0.3 is 5.97 Å². The van der Waals surface area contributed by atoms with Crippen LogP contribution in [0.3, 0.4) is 0 Å². The Balaban J connectivity index is 2.48. The Morgan fingerprint density at radius 1 is 1.59 bits per heavy atom. The number of carbonyl (C=O) groups is 2. The molecule has 2 unspecified atom stereocenters. The highest BCUT2D eigenvalue weighted by Crippen LogP contribution is 2.14. The van der Waals surface area contributed by atoms with E-state index in [1.165, 1.54) is 0 Å². The molecule has 6 heteroatoms. The third kappa shape index (κ3) is 4.55. The number of carboxylic acids is 1. The van der Waals surface area contributed by atoms with Gasteiger partial charge in [0, 0.05) is 24.8 Å². The monoisotopic (exact) mass is 261 g/mol. The lowest BCUT2D eigenvalue weighted by Crippen LogP contribution is -2.48. The van der Waals surface area contributed by atoms with Crippen LogP contribution in [0.15, 0.2) is 0 Å². The lowest BCUT2D eigenvalue weighted by molar-refractivity contribution is -0.149. The number of carboxylic acid groups (broad SMARTS) is 1. The molecule has 0 radical (unpaired) electrons. The molecule has 0 spiro atoms. The number of carbonyl (C=O) groups excluding carboxylic acids is 1. The Bertz CT molecular complexity index is 285. The van der Waals surface area contributed by atoms with Gasteiger partial charge in [0.1, 0.15) is 0 Å². The second kappa shape index (κ2) is 6.86. The van der Waals surface area contributed by atoms with Crippen molar-refractivity contribution in [1.29, 1.82) is 0 Å². The maximum atomic E-state index is 12.0. The molecule has 2 atom stereocenters. The van der Waals surface area contributed by atoms with Crippen LogP contribution in [0.4, 0.5) is 0 Å². The van der Waals surface area contributed by atoms with Gasteiger partial charge in [0.25, 0.3) is 0 Å². The zero-order valence-electron chi connectivity index (χ0n) is 10.2. The van der Waals surface area contributed by atoms with E-state index < -0.39 is 5.97 Å². The van der Waals surface area contributed by atoms with Crippen LogP contribution < -0.4 is 0 Å². The molecule has 1 rings (SSSR count). The second-order valence-electron chi connectivity index (χ2n) is 4.23. The molecule has 0 aromatic rings. The van der Waals surface area contributed by atoms with Crippen molar-refractivity contribution in [3.63, 3.8) is 0 Å². The van der Waals surface area contributed by atoms with Crippen molar-refractivity contribution in [3.8, 4) is 0 Å². The van der Waals surface area contributed by atoms with Crippen molar-refractivity contribution in [2.75, 3.05) is 31.7 Å². The number of ether oxygens (including phenoxy) is 1. The second-order valence-corrected chi connectivity index (χ2v) is 5.14. The molecule has 1 heterocycles. The van der Waals surface area contributed by atoms with Gasteiger partial charge in [0.2, 0.25) is 5.91 Å². The lowest BCUT2D eigenvalue weighted by atomic mass is 10.1. The van der Waals surface area contributed by atoms with Gasteiger partial charge in [-0.15, -0.1) is 0 Å². The predicted octanol–water partition coefficient (Wildman–Crippen LogP) is 0.688. The van der Waals surface area contributed by atoms with Gasteiger partial charge in [-0.25, -0.2) is 0 Å². The van der Waals surface area contributed by atoms with Crippen LogP contribution >= 0.6 is 11.8 Å². The summed E-state index contributed by atoms with van der Waals surface area (Å²) >= 11 is 1.64. The van der Waals surface area contributed by atoms with E-state index in [9.17, 15) is 9.59 Å². The maximum absolute atomic E-state index is 12.0. The summed E-state index contributed by atoms with van der Waals surface area (Å²) in [6.45, 7) is 3.29. The molecule has 0 aromatic heterocycles. The number of thioether (sulfide) groups is 1.